The minimum Gasteiger partial charge on any atom is -0.463 e. The zero-order valence-corrected chi connectivity index (χ0v) is 11.9. The van der Waals surface area contributed by atoms with Crippen molar-refractivity contribution < 1.29 is 4.42 Å². The second kappa shape index (κ2) is 5.15. The lowest BCUT2D eigenvalue weighted by Gasteiger charge is -2.30. The molecule has 0 spiro atoms. The van der Waals surface area contributed by atoms with Crippen molar-refractivity contribution in [1.82, 2.24) is 10.2 Å². The molecule has 3 heterocycles. The summed E-state index contributed by atoms with van der Waals surface area (Å²) in [6, 6.07) is 6.24. The minimum absolute atomic E-state index is 0.493. The predicted octanol–water partition coefficient (Wildman–Crippen LogP) is 2.94. The second-order valence-electron chi connectivity index (χ2n) is 5.62. The largest absolute Gasteiger partial charge is 0.463 e. The Hall–Kier alpha value is -2.04. The summed E-state index contributed by atoms with van der Waals surface area (Å²) in [5.41, 5.74) is 7.74. The predicted molar refractivity (Wildman–Crippen MR) is 79.4 cm³/mol. The molecule has 2 aromatic rings. The molecule has 0 amide bonds. The molecule has 3 rings (SSSR count). The van der Waals surface area contributed by atoms with Crippen LogP contribution in [0.4, 0.5) is 11.5 Å². The first kappa shape index (κ1) is 13.0. The van der Waals surface area contributed by atoms with Gasteiger partial charge in [0, 0.05) is 12.6 Å². The second-order valence-corrected chi connectivity index (χ2v) is 5.62. The van der Waals surface area contributed by atoms with Crippen molar-refractivity contribution >= 4 is 11.5 Å². The molecule has 20 heavy (non-hydrogen) atoms. The van der Waals surface area contributed by atoms with Crippen molar-refractivity contribution in [3.63, 3.8) is 0 Å². The number of aromatic nitrogens is 2. The molecule has 106 valence electrons. The highest BCUT2D eigenvalue weighted by Crippen LogP contribution is 2.34. The van der Waals surface area contributed by atoms with Crippen LogP contribution in [0.2, 0.25) is 0 Å². The number of nitrogens with zero attached hydrogens (tertiary/aromatic N) is 3. The Bertz CT molecular complexity index is 580. The van der Waals surface area contributed by atoms with Gasteiger partial charge in [0.05, 0.1) is 12.0 Å². The molecular weight excluding hydrogens is 252 g/mol. The van der Waals surface area contributed by atoms with Crippen molar-refractivity contribution in [2.24, 2.45) is 5.92 Å². The van der Waals surface area contributed by atoms with Gasteiger partial charge in [0.1, 0.15) is 5.69 Å². The molecule has 1 aliphatic rings. The van der Waals surface area contributed by atoms with Crippen molar-refractivity contribution in [3.05, 3.63) is 24.5 Å². The highest BCUT2D eigenvalue weighted by molar-refractivity contribution is 5.69. The van der Waals surface area contributed by atoms with Gasteiger partial charge in [-0.15, -0.1) is 10.2 Å². The molecule has 0 aliphatic carbocycles. The Labute approximate surface area is 118 Å². The van der Waals surface area contributed by atoms with Crippen LogP contribution in [0.3, 0.4) is 0 Å². The fourth-order valence-electron chi connectivity index (χ4n) is 2.95. The van der Waals surface area contributed by atoms with Crippen LogP contribution in [0.25, 0.3) is 11.5 Å². The fourth-order valence-corrected chi connectivity index (χ4v) is 2.95. The molecule has 2 N–H and O–H groups in total. The number of hydrogen-bond acceptors (Lipinski definition) is 5. The topological polar surface area (TPSA) is 68.2 Å². The summed E-state index contributed by atoms with van der Waals surface area (Å²) in [6.07, 6.45) is 4.04. The number of nitrogen functional groups attached to an aromatic ring is 1. The van der Waals surface area contributed by atoms with Gasteiger partial charge in [0.2, 0.25) is 0 Å². The summed E-state index contributed by atoms with van der Waals surface area (Å²) in [6.45, 7) is 5.53. The maximum Gasteiger partial charge on any atom is 0.169 e. The van der Waals surface area contributed by atoms with Gasteiger partial charge in [-0.1, -0.05) is 13.8 Å². The van der Waals surface area contributed by atoms with E-state index < -0.39 is 0 Å². The monoisotopic (exact) mass is 272 g/mol. The highest BCUT2D eigenvalue weighted by atomic mass is 16.3. The molecule has 1 aliphatic heterocycles. The molecular formula is C15H20N4O. The molecule has 5 heteroatoms. The van der Waals surface area contributed by atoms with E-state index in [1.807, 2.05) is 18.2 Å². The summed E-state index contributed by atoms with van der Waals surface area (Å²) < 4.78 is 5.39. The third kappa shape index (κ3) is 2.24. The van der Waals surface area contributed by atoms with E-state index in [0.717, 1.165) is 23.7 Å². The lowest BCUT2D eigenvalue weighted by atomic mass is 10.0. The summed E-state index contributed by atoms with van der Waals surface area (Å²) in [7, 11) is 0. The molecule has 0 aromatic carbocycles. The Morgan fingerprint density at radius 1 is 1.40 bits per heavy atom. The lowest BCUT2D eigenvalue weighted by molar-refractivity contribution is 0.492. The van der Waals surface area contributed by atoms with E-state index in [0.29, 0.717) is 17.8 Å². The normalized spacial score (nSPS) is 18.9. The molecule has 5 nitrogen and oxygen atoms in total. The fraction of sp³-hybridized carbons (Fsp3) is 0.467. The van der Waals surface area contributed by atoms with Gasteiger partial charge in [-0.25, -0.2) is 0 Å². The van der Waals surface area contributed by atoms with E-state index in [2.05, 4.69) is 28.9 Å². The van der Waals surface area contributed by atoms with Gasteiger partial charge in [0.25, 0.3) is 0 Å². The Morgan fingerprint density at radius 3 is 2.95 bits per heavy atom. The number of anilines is 2. The Kier molecular flexibility index (Phi) is 3.34. The molecule has 0 saturated carbocycles. The minimum atomic E-state index is 0.493. The van der Waals surface area contributed by atoms with E-state index in [1.54, 1.807) is 6.26 Å². The number of nitrogens with two attached hydrogens (primary N) is 1. The van der Waals surface area contributed by atoms with Crippen LogP contribution in [0.1, 0.15) is 26.7 Å². The van der Waals surface area contributed by atoms with Crippen molar-refractivity contribution in [2.75, 3.05) is 17.2 Å². The molecule has 1 saturated heterocycles. The van der Waals surface area contributed by atoms with Crippen LogP contribution >= 0.6 is 0 Å². The van der Waals surface area contributed by atoms with Gasteiger partial charge in [-0.2, -0.15) is 0 Å². The van der Waals surface area contributed by atoms with Gasteiger partial charge in [0.15, 0.2) is 11.6 Å². The maximum absolute atomic E-state index is 6.04. The molecule has 0 radical (unpaired) electrons. The first-order valence-electron chi connectivity index (χ1n) is 7.10. The zero-order valence-electron chi connectivity index (χ0n) is 11.9. The SMILES string of the molecule is CC(C)[C@H]1CCCN1c1cc(-c2ccco2)nnc1N. The Balaban J connectivity index is 1.98. The van der Waals surface area contributed by atoms with Crippen LogP contribution < -0.4 is 10.6 Å². The van der Waals surface area contributed by atoms with Gasteiger partial charge < -0.3 is 15.1 Å². The maximum atomic E-state index is 6.04. The van der Waals surface area contributed by atoms with E-state index >= 15 is 0 Å². The van der Waals surface area contributed by atoms with E-state index in [4.69, 9.17) is 10.2 Å². The molecule has 0 bridgehead atoms. The van der Waals surface area contributed by atoms with Crippen molar-refractivity contribution in [3.8, 4) is 11.5 Å². The van der Waals surface area contributed by atoms with Crippen molar-refractivity contribution in [2.45, 2.75) is 32.7 Å². The summed E-state index contributed by atoms with van der Waals surface area (Å²) in [4.78, 5) is 2.36. The standard InChI is InChI=1S/C15H20N4O/c1-10(2)12-5-3-7-19(12)13-9-11(17-18-15(13)16)14-6-4-8-20-14/h4,6,8-10,12H,3,5,7H2,1-2H3,(H2,16,18)/t12-/m1/s1. The zero-order chi connectivity index (χ0) is 14.1. The molecule has 1 fully saturated rings. The van der Waals surface area contributed by atoms with Crippen LogP contribution in [0.15, 0.2) is 28.9 Å². The van der Waals surface area contributed by atoms with E-state index in [1.165, 1.54) is 12.8 Å². The summed E-state index contributed by atoms with van der Waals surface area (Å²) >= 11 is 0. The third-order valence-corrected chi connectivity index (χ3v) is 3.95. The van der Waals surface area contributed by atoms with E-state index in [-0.39, 0.29) is 0 Å². The van der Waals surface area contributed by atoms with Gasteiger partial charge in [-0.05, 0) is 37.0 Å². The third-order valence-electron chi connectivity index (χ3n) is 3.95. The number of furan rings is 1. The van der Waals surface area contributed by atoms with Crippen LogP contribution in [-0.4, -0.2) is 22.8 Å². The quantitative estimate of drug-likeness (QED) is 0.930. The molecule has 1 atom stereocenters. The Morgan fingerprint density at radius 2 is 2.25 bits per heavy atom. The average molecular weight is 272 g/mol. The highest BCUT2D eigenvalue weighted by Gasteiger charge is 2.29. The number of rotatable bonds is 3. The first-order valence-corrected chi connectivity index (χ1v) is 7.10. The first-order chi connectivity index (χ1) is 9.66. The van der Waals surface area contributed by atoms with Crippen molar-refractivity contribution in [1.29, 1.82) is 0 Å². The van der Waals surface area contributed by atoms with Crippen LogP contribution in [-0.2, 0) is 0 Å². The molecule has 0 unspecified atom stereocenters. The smallest absolute Gasteiger partial charge is 0.169 e. The van der Waals surface area contributed by atoms with Crippen LogP contribution in [0.5, 0.6) is 0 Å². The van der Waals surface area contributed by atoms with Gasteiger partial charge in [-0.3, -0.25) is 0 Å². The van der Waals surface area contributed by atoms with Crippen LogP contribution in [0, 0.1) is 5.92 Å². The lowest BCUT2D eigenvalue weighted by Crippen LogP contribution is -2.34. The van der Waals surface area contributed by atoms with Gasteiger partial charge >= 0.3 is 0 Å². The summed E-state index contributed by atoms with van der Waals surface area (Å²) in [5.74, 6) is 1.81. The summed E-state index contributed by atoms with van der Waals surface area (Å²) in [5, 5.41) is 8.23. The van der Waals surface area contributed by atoms with E-state index in [9.17, 15) is 0 Å². The molecule has 2 aromatic heterocycles. The average Bonchev–Trinajstić information content (AvgIpc) is 3.10. The number of hydrogen-bond donors (Lipinski definition) is 1.